The minimum atomic E-state index is -0.682. The molecule has 0 saturated carbocycles. The van der Waals surface area contributed by atoms with E-state index in [1.165, 1.54) is 10.8 Å². The van der Waals surface area contributed by atoms with Gasteiger partial charge in [0, 0.05) is 6.20 Å². The van der Waals surface area contributed by atoms with Crippen molar-refractivity contribution >= 4 is 40.3 Å². The minimum Gasteiger partial charge on any atom is -0.351 e. The van der Waals surface area contributed by atoms with Crippen LogP contribution in [0.25, 0.3) is 22.4 Å². The highest BCUT2D eigenvalue weighted by atomic mass is 35.5. The third-order valence-corrected chi connectivity index (χ3v) is 3.43. The van der Waals surface area contributed by atoms with E-state index >= 15 is 0 Å². The number of pyridine rings is 1. The summed E-state index contributed by atoms with van der Waals surface area (Å²) in [7, 11) is 0. The van der Waals surface area contributed by atoms with Crippen LogP contribution >= 0.6 is 23.2 Å². The summed E-state index contributed by atoms with van der Waals surface area (Å²) in [6, 6.07) is 5.97. The van der Waals surface area contributed by atoms with Crippen molar-refractivity contribution in [2.45, 2.75) is 0 Å². The predicted octanol–water partition coefficient (Wildman–Crippen LogP) is 3.13. The van der Waals surface area contributed by atoms with Gasteiger partial charge >= 0.3 is 6.03 Å². The predicted molar refractivity (Wildman–Crippen MR) is 76.8 cm³/mol. The Bertz CT molecular complexity index is 808. The van der Waals surface area contributed by atoms with Gasteiger partial charge in [-0.25, -0.2) is 14.3 Å². The molecule has 2 aromatic heterocycles. The van der Waals surface area contributed by atoms with Crippen molar-refractivity contribution in [3.63, 3.8) is 0 Å². The second-order valence-electron chi connectivity index (χ2n) is 4.00. The number of nitrogens with zero attached hydrogens (tertiary/aromatic N) is 3. The third-order valence-electron chi connectivity index (χ3n) is 2.80. The van der Waals surface area contributed by atoms with Crippen LogP contribution in [0.4, 0.5) is 4.79 Å². The van der Waals surface area contributed by atoms with Gasteiger partial charge < -0.3 is 5.73 Å². The number of imidazole rings is 1. The number of hydrogen-bond acceptors (Lipinski definition) is 3. The SMILES string of the molecule is NC(=O)n1c(-c2c(Cl)cccc2Cl)nc2[c]nccc21. The Morgan fingerprint density at radius 1 is 1.25 bits per heavy atom. The van der Waals surface area contributed by atoms with E-state index in [0.717, 1.165) is 0 Å². The average molecular weight is 306 g/mol. The molecule has 0 fully saturated rings. The maximum Gasteiger partial charge on any atom is 0.325 e. The molecule has 3 aromatic rings. The number of halogens is 2. The number of primary amides is 1. The van der Waals surface area contributed by atoms with Gasteiger partial charge in [-0.05, 0) is 18.2 Å². The van der Waals surface area contributed by atoms with E-state index in [4.69, 9.17) is 28.9 Å². The van der Waals surface area contributed by atoms with Gasteiger partial charge in [-0.2, -0.15) is 0 Å². The number of amides is 1. The lowest BCUT2D eigenvalue weighted by molar-refractivity contribution is 0.251. The van der Waals surface area contributed by atoms with E-state index in [0.29, 0.717) is 26.6 Å². The van der Waals surface area contributed by atoms with Gasteiger partial charge in [0.15, 0.2) is 5.82 Å². The van der Waals surface area contributed by atoms with Crippen LogP contribution in [0, 0.1) is 6.20 Å². The standard InChI is InChI=1S/C13H7Cl2N4O/c14-7-2-1-3-8(15)11(7)12-18-9-6-17-5-4-10(9)19(12)13(16)20/h1-5H,(H2,16,20). The maximum atomic E-state index is 11.7. The van der Waals surface area contributed by atoms with Crippen molar-refractivity contribution < 1.29 is 4.79 Å². The molecule has 1 radical (unpaired) electrons. The van der Waals surface area contributed by atoms with E-state index in [9.17, 15) is 4.79 Å². The highest BCUT2D eigenvalue weighted by Crippen LogP contribution is 2.35. The van der Waals surface area contributed by atoms with Crippen LogP contribution in [0.1, 0.15) is 0 Å². The first-order valence-electron chi connectivity index (χ1n) is 5.59. The van der Waals surface area contributed by atoms with Crippen molar-refractivity contribution in [2.24, 2.45) is 5.73 Å². The molecular weight excluding hydrogens is 299 g/mol. The van der Waals surface area contributed by atoms with Crippen molar-refractivity contribution in [1.82, 2.24) is 14.5 Å². The molecule has 1 amide bonds. The van der Waals surface area contributed by atoms with E-state index in [1.54, 1.807) is 24.3 Å². The van der Waals surface area contributed by atoms with Gasteiger partial charge in [-0.1, -0.05) is 29.3 Å². The zero-order valence-electron chi connectivity index (χ0n) is 9.97. The zero-order valence-corrected chi connectivity index (χ0v) is 11.5. The minimum absolute atomic E-state index is 0.271. The van der Waals surface area contributed by atoms with Crippen molar-refractivity contribution in [1.29, 1.82) is 0 Å². The Morgan fingerprint density at radius 2 is 1.95 bits per heavy atom. The smallest absolute Gasteiger partial charge is 0.325 e. The summed E-state index contributed by atoms with van der Waals surface area (Å²) >= 11 is 12.3. The van der Waals surface area contributed by atoms with Crippen LogP contribution in [0.2, 0.25) is 10.0 Å². The van der Waals surface area contributed by atoms with E-state index in [-0.39, 0.29) is 5.82 Å². The first-order chi connectivity index (χ1) is 9.59. The highest BCUT2D eigenvalue weighted by Gasteiger charge is 2.20. The molecule has 99 valence electrons. The fourth-order valence-corrected chi connectivity index (χ4v) is 2.54. The molecule has 2 heterocycles. The molecule has 0 aliphatic carbocycles. The average Bonchev–Trinajstić information content (AvgIpc) is 2.77. The quantitative estimate of drug-likeness (QED) is 0.750. The highest BCUT2D eigenvalue weighted by molar-refractivity contribution is 6.39. The van der Waals surface area contributed by atoms with Gasteiger partial charge in [-0.15, -0.1) is 0 Å². The lowest BCUT2D eigenvalue weighted by Crippen LogP contribution is -2.20. The normalized spacial score (nSPS) is 10.9. The van der Waals surface area contributed by atoms with Gasteiger partial charge in [0.25, 0.3) is 0 Å². The number of fused-ring (bicyclic) bond motifs is 1. The van der Waals surface area contributed by atoms with E-state index in [2.05, 4.69) is 16.2 Å². The maximum absolute atomic E-state index is 11.7. The number of nitrogens with two attached hydrogens (primary N) is 1. The molecule has 0 aliphatic heterocycles. The second-order valence-corrected chi connectivity index (χ2v) is 4.81. The van der Waals surface area contributed by atoms with Crippen LogP contribution in [-0.4, -0.2) is 20.6 Å². The van der Waals surface area contributed by atoms with Crippen LogP contribution < -0.4 is 5.73 Å². The Morgan fingerprint density at radius 3 is 2.60 bits per heavy atom. The monoisotopic (exact) mass is 305 g/mol. The molecule has 0 bridgehead atoms. The summed E-state index contributed by atoms with van der Waals surface area (Å²) < 4.78 is 1.24. The molecule has 3 rings (SSSR count). The van der Waals surface area contributed by atoms with Crippen molar-refractivity contribution in [3.8, 4) is 11.4 Å². The molecule has 1 aromatic carbocycles. The Labute approximate surface area is 124 Å². The number of benzene rings is 1. The summed E-state index contributed by atoms with van der Waals surface area (Å²) in [6.07, 6.45) is 4.20. The lowest BCUT2D eigenvalue weighted by Gasteiger charge is -2.07. The second kappa shape index (κ2) is 4.77. The van der Waals surface area contributed by atoms with Gasteiger partial charge in [0.05, 0.1) is 21.1 Å². The van der Waals surface area contributed by atoms with Crippen molar-refractivity contribution in [2.75, 3.05) is 0 Å². The van der Waals surface area contributed by atoms with Crippen LogP contribution in [-0.2, 0) is 0 Å². The summed E-state index contributed by atoms with van der Waals surface area (Å²) in [6.45, 7) is 0. The molecule has 0 atom stereocenters. The summed E-state index contributed by atoms with van der Waals surface area (Å²) in [5.74, 6) is 0.271. The number of aromatic nitrogens is 3. The molecule has 2 N–H and O–H groups in total. The number of hydrogen-bond donors (Lipinski definition) is 1. The first kappa shape index (κ1) is 12.9. The van der Waals surface area contributed by atoms with E-state index in [1.807, 2.05) is 0 Å². The largest absolute Gasteiger partial charge is 0.351 e. The number of carbonyl (C=O) groups excluding carboxylic acids is 1. The number of carbonyl (C=O) groups is 1. The molecule has 0 aliphatic rings. The first-order valence-corrected chi connectivity index (χ1v) is 6.34. The molecule has 7 heteroatoms. The number of rotatable bonds is 1. The summed E-state index contributed by atoms with van der Waals surface area (Å²) in [5, 5.41) is 0.756. The molecule has 0 unspecified atom stereocenters. The fourth-order valence-electron chi connectivity index (χ4n) is 1.98. The van der Waals surface area contributed by atoms with Gasteiger partial charge in [0.2, 0.25) is 0 Å². The molecule has 5 nitrogen and oxygen atoms in total. The lowest BCUT2D eigenvalue weighted by atomic mass is 10.2. The third kappa shape index (κ3) is 1.92. The molecular formula is C13H7Cl2N4O. The Hall–Kier alpha value is -2.11. The topological polar surface area (TPSA) is 73.8 Å². The zero-order chi connectivity index (χ0) is 14.3. The van der Waals surface area contributed by atoms with E-state index < -0.39 is 6.03 Å². The van der Waals surface area contributed by atoms with Crippen LogP contribution in [0.3, 0.4) is 0 Å². The van der Waals surface area contributed by atoms with Crippen molar-refractivity contribution in [3.05, 3.63) is 46.7 Å². The van der Waals surface area contributed by atoms with Gasteiger partial charge in [-0.3, -0.25) is 4.98 Å². The van der Waals surface area contributed by atoms with Crippen LogP contribution in [0.5, 0.6) is 0 Å². The Balaban J connectivity index is 2.42. The van der Waals surface area contributed by atoms with Crippen LogP contribution in [0.15, 0.2) is 30.5 Å². The molecule has 20 heavy (non-hydrogen) atoms. The molecule has 0 spiro atoms. The molecule has 0 saturated heterocycles. The summed E-state index contributed by atoms with van der Waals surface area (Å²) in [4.78, 5) is 19.9. The Kier molecular flexibility index (Phi) is 3.08. The summed E-state index contributed by atoms with van der Waals surface area (Å²) in [5.41, 5.74) is 6.78. The van der Waals surface area contributed by atoms with Gasteiger partial charge in [0.1, 0.15) is 11.7 Å². The fraction of sp³-hybridized carbons (Fsp3) is 0.